The van der Waals surface area contributed by atoms with Gasteiger partial charge in [-0.1, -0.05) is 29.8 Å². The highest BCUT2D eigenvalue weighted by Crippen LogP contribution is 2.30. The summed E-state index contributed by atoms with van der Waals surface area (Å²) >= 11 is 0. The Morgan fingerprint density at radius 1 is 1.08 bits per heavy atom. The maximum Gasteiger partial charge on any atom is 0.335 e. The van der Waals surface area contributed by atoms with E-state index in [1.54, 1.807) is 12.1 Å². The van der Waals surface area contributed by atoms with Gasteiger partial charge in [0, 0.05) is 5.39 Å². The third-order valence-electron chi connectivity index (χ3n) is 4.05. The molecule has 4 N–H and O–H groups in total. The minimum absolute atomic E-state index is 0.382. The zero-order valence-electron chi connectivity index (χ0n) is 12.9. The van der Waals surface area contributed by atoms with Gasteiger partial charge in [0.15, 0.2) is 6.10 Å². The maximum atomic E-state index is 11.1. The van der Waals surface area contributed by atoms with Gasteiger partial charge in [-0.2, -0.15) is 0 Å². The summed E-state index contributed by atoms with van der Waals surface area (Å²) in [5, 5.41) is 40.3. The summed E-state index contributed by atoms with van der Waals surface area (Å²) in [7, 11) is 0. The quantitative estimate of drug-likeness (QED) is 0.643. The zero-order valence-corrected chi connectivity index (χ0v) is 12.9. The van der Waals surface area contributed by atoms with Gasteiger partial charge in [0.25, 0.3) is 0 Å². The highest BCUT2D eigenvalue weighted by molar-refractivity contribution is 5.88. The van der Waals surface area contributed by atoms with E-state index in [0.29, 0.717) is 5.75 Å². The molecule has 5 unspecified atom stereocenters. The monoisotopic (exact) mass is 334 g/mol. The molecule has 0 spiro atoms. The van der Waals surface area contributed by atoms with Crippen LogP contribution < -0.4 is 4.74 Å². The van der Waals surface area contributed by atoms with Crippen LogP contribution in [-0.4, -0.2) is 57.1 Å². The molecule has 1 fully saturated rings. The lowest BCUT2D eigenvalue weighted by molar-refractivity contribution is -0.270. The van der Waals surface area contributed by atoms with Gasteiger partial charge < -0.3 is 29.9 Å². The lowest BCUT2D eigenvalue weighted by Gasteiger charge is -2.38. The molecule has 0 radical (unpaired) electrons. The van der Waals surface area contributed by atoms with E-state index in [9.17, 15) is 20.1 Å². The second kappa shape index (κ2) is 6.37. The van der Waals surface area contributed by atoms with Gasteiger partial charge in [0.2, 0.25) is 6.29 Å². The Bertz CT molecular complexity index is 760. The summed E-state index contributed by atoms with van der Waals surface area (Å²) in [5.74, 6) is -1.07. The minimum atomic E-state index is -1.74. The molecule has 24 heavy (non-hydrogen) atoms. The first kappa shape index (κ1) is 16.7. The van der Waals surface area contributed by atoms with Crippen LogP contribution in [0.5, 0.6) is 5.75 Å². The van der Waals surface area contributed by atoms with Crippen LogP contribution in [0.3, 0.4) is 0 Å². The number of carbonyl (C=O) groups is 1. The fourth-order valence-corrected chi connectivity index (χ4v) is 2.74. The number of carboxylic acid groups (broad SMARTS) is 1. The van der Waals surface area contributed by atoms with Gasteiger partial charge >= 0.3 is 5.97 Å². The summed E-state index contributed by atoms with van der Waals surface area (Å²) < 4.78 is 10.8. The Labute approximate surface area is 137 Å². The molecule has 1 aliphatic rings. The number of hydrogen-bond acceptors (Lipinski definition) is 6. The molecule has 0 amide bonds. The third kappa shape index (κ3) is 2.94. The summed E-state index contributed by atoms with van der Waals surface area (Å²) in [6.45, 7) is 1.92. The van der Waals surface area contributed by atoms with E-state index >= 15 is 0 Å². The van der Waals surface area contributed by atoms with Crippen LogP contribution in [-0.2, 0) is 9.53 Å². The first-order valence-electron chi connectivity index (χ1n) is 7.47. The zero-order chi connectivity index (χ0) is 17.4. The summed E-state index contributed by atoms with van der Waals surface area (Å²) in [4.78, 5) is 11.1. The van der Waals surface area contributed by atoms with Crippen LogP contribution in [0.2, 0.25) is 0 Å². The molecule has 2 aromatic carbocycles. The van der Waals surface area contributed by atoms with E-state index in [2.05, 4.69) is 0 Å². The van der Waals surface area contributed by atoms with Crippen LogP contribution in [0.15, 0.2) is 36.4 Å². The number of aryl methyl sites for hydroxylation is 1. The summed E-state index contributed by atoms with van der Waals surface area (Å²) in [6.07, 6.45) is -8.13. The number of hydrogen-bond donors (Lipinski definition) is 4. The molecule has 128 valence electrons. The molecule has 2 aromatic rings. The van der Waals surface area contributed by atoms with Gasteiger partial charge in [0.05, 0.1) is 0 Å². The molecule has 7 nitrogen and oxygen atoms in total. The molecule has 0 saturated carbocycles. The summed E-state index contributed by atoms with van der Waals surface area (Å²) in [5.41, 5.74) is 1.00. The number of rotatable bonds is 3. The SMILES string of the molecule is Cc1ccc2cccc(OC3OC(C(=O)O)C(O)C(O)C3O)c2c1. The highest BCUT2D eigenvalue weighted by Gasteiger charge is 2.48. The second-order valence-corrected chi connectivity index (χ2v) is 5.83. The molecule has 0 bridgehead atoms. The van der Waals surface area contributed by atoms with E-state index in [1.165, 1.54) is 0 Å². The fraction of sp³-hybridized carbons (Fsp3) is 0.353. The van der Waals surface area contributed by atoms with Crippen molar-refractivity contribution >= 4 is 16.7 Å². The van der Waals surface area contributed by atoms with Crippen LogP contribution >= 0.6 is 0 Å². The van der Waals surface area contributed by atoms with Crippen molar-refractivity contribution in [1.82, 2.24) is 0 Å². The van der Waals surface area contributed by atoms with Crippen LogP contribution in [0.4, 0.5) is 0 Å². The Hall–Kier alpha value is -2.19. The van der Waals surface area contributed by atoms with E-state index in [0.717, 1.165) is 16.3 Å². The topological polar surface area (TPSA) is 116 Å². The molecule has 1 aliphatic heterocycles. The number of benzene rings is 2. The van der Waals surface area contributed by atoms with Gasteiger partial charge in [-0.15, -0.1) is 0 Å². The maximum absolute atomic E-state index is 11.1. The van der Waals surface area contributed by atoms with Crippen molar-refractivity contribution in [2.75, 3.05) is 0 Å². The molecule has 0 aliphatic carbocycles. The fourth-order valence-electron chi connectivity index (χ4n) is 2.74. The van der Waals surface area contributed by atoms with Crippen molar-refractivity contribution in [3.05, 3.63) is 42.0 Å². The number of fused-ring (bicyclic) bond motifs is 1. The lowest BCUT2D eigenvalue weighted by Crippen LogP contribution is -2.61. The second-order valence-electron chi connectivity index (χ2n) is 5.83. The predicted molar refractivity (Wildman–Crippen MR) is 83.6 cm³/mol. The summed E-state index contributed by atoms with van der Waals surface area (Å²) in [6, 6.07) is 11.0. The van der Waals surface area contributed by atoms with Gasteiger partial charge in [-0.05, 0) is 24.4 Å². The smallest absolute Gasteiger partial charge is 0.335 e. The highest BCUT2D eigenvalue weighted by atomic mass is 16.7. The van der Waals surface area contributed by atoms with Crippen LogP contribution in [0, 0.1) is 6.92 Å². The molecule has 5 atom stereocenters. The van der Waals surface area contributed by atoms with Crippen molar-refractivity contribution in [3.63, 3.8) is 0 Å². The third-order valence-corrected chi connectivity index (χ3v) is 4.05. The average Bonchev–Trinajstić information content (AvgIpc) is 2.55. The van der Waals surface area contributed by atoms with Crippen LogP contribution in [0.1, 0.15) is 5.56 Å². The molecular formula is C17H18O7. The van der Waals surface area contributed by atoms with Crippen molar-refractivity contribution in [2.24, 2.45) is 0 Å². The average molecular weight is 334 g/mol. The Morgan fingerprint density at radius 2 is 1.83 bits per heavy atom. The number of aliphatic carboxylic acids is 1. The molecule has 1 saturated heterocycles. The predicted octanol–water partition coefficient (Wildman–Crippen LogP) is 0.419. The first-order chi connectivity index (χ1) is 11.4. The lowest BCUT2D eigenvalue weighted by atomic mass is 9.99. The normalized spacial score (nSPS) is 30.2. The molecule has 1 heterocycles. The van der Waals surface area contributed by atoms with Gasteiger partial charge in [-0.3, -0.25) is 0 Å². The number of aliphatic hydroxyl groups is 3. The molecule has 0 aromatic heterocycles. The Balaban J connectivity index is 1.92. The minimum Gasteiger partial charge on any atom is -0.479 e. The van der Waals surface area contributed by atoms with E-state index in [1.807, 2.05) is 31.2 Å². The van der Waals surface area contributed by atoms with E-state index < -0.39 is 36.7 Å². The van der Waals surface area contributed by atoms with Crippen molar-refractivity contribution in [1.29, 1.82) is 0 Å². The number of aliphatic hydroxyl groups excluding tert-OH is 3. The standard InChI is InChI=1S/C17H18O7/c1-8-5-6-9-3-2-4-11(10(9)7-8)23-17-14(20)12(18)13(19)15(24-17)16(21)22/h2-7,12-15,17-20H,1H3,(H,21,22). The van der Waals surface area contributed by atoms with Crippen molar-refractivity contribution in [3.8, 4) is 5.75 Å². The van der Waals surface area contributed by atoms with Crippen molar-refractivity contribution in [2.45, 2.75) is 37.6 Å². The first-order valence-corrected chi connectivity index (χ1v) is 7.47. The number of ether oxygens (including phenoxy) is 2. The Kier molecular flexibility index (Phi) is 4.42. The van der Waals surface area contributed by atoms with E-state index in [-0.39, 0.29) is 0 Å². The van der Waals surface area contributed by atoms with Crippen molar-refractivity contribution < 1.29 is 34.7 Å². The molecule has 7 heteroatoms. The number of carboxylic acids is 1. The van der Waals surface area contributed by atoms with E-state index in [4.69, 9.17) is 14.6 Å². The van der Waals surface area contributed by atoms with Gasteiger partial charge in [0.1, 0.15) is 24.1 Å². The molecular weight excluding hydrogens is 316 g/mol. The van der Waals surface area contributed by atoms with Gasteiger partial charge in [-0.25, -0.2) is 4.79 Å². The van der Waals surface area contributed by atoms with Crippen LogP contribution in [0.25, 0.3) is 10.8 Å². The largest absolute Gasteiger partial charge is 0.479 e. The molecule has 3 rings (SSSR count). The Morgan fingerprint density at radius 3 is 2.54 bits per heavy atom.